The van der Waals surface area contributed by atoms with Crippen LogP contribution in [-0.2, 0) is 15.6 Å². The normalized spacial score (nSPS) is 11.0. The Hall–Kier alpha value is -2.34. The van der Waals surface area contributed by atoms with E-state index in [1.54, 1.807) is 55.6 Å². The zero-order valence-corrected chi connectivity index (χ0v) is 13.2. The molecule has 0 aromatic heterocycles. The minimum atomic E-state index is -3.13. The van der Waals surface area contributed by atoms with Gasteiger partial charge >= 0.3 is 0 Å². The molecule has 0 aliphatic heterocycles. The summed E-state index contributed by atoms with van der Waals surface area (Å²) in [5.74, 6) is 0.324. The summed E-state index contributed by atoms with van der Waals surface area (Å²) in [6.07, 6.45) is 1.16. The van der Waals surface area contributed by atoms with Gasteiger partial charge in [0.05, 0.1) is 12.9 Å². The molecular weight excluding hydrogens is 302 g/mol. The molecule has 1 N–H and O–H groups in total. The first-order valence-electron chi connectivity index (χ1n) is 6.59. The maximum Gasteiger partial charge on any atom is 0.255 e. The van der Waals surface area contributed by atoms with E-state index in [1.165, 1.54) is 0 Å². The Morgan fingerprint density at radius 3 is 2.41 bits per heavy atom. The van der Waals surface area contributed by atoms with Crippen molar-refractivity contribution in [2.75, 3.05) is 18.7 Å². The van der Waals surface area contributed by atoms with Crippen LogP contribution in [0, 0.1) is 0 Å². The van der Waals surface area contributed by atoms with Crippen LogP contribution in [-0.4, -0.2) is 27.7 Å². The smallest absolute Gasteiger partial charge is 0.255 e. The largest absolute Gasteiger partial charge is 0.497 e. The lowest BCUT2D eigenvalue weighted by atomic mass is 10.1. The van der Waals surface area contributed by atoms with Gasteiger partial charge in [-0.3, -0.25) is 4.79 Å². The number of anilines is 1. The molecular formula is C16H17NO4S. The van der Waals surface area contributed by atoms with E-state index in [1.807, 2.05) is 0 Å². The van der Waals surface area contributed by atoms with Gasteiger partial charge in [0.2, 0.25) is 0 Å². The van der Waals surface area contributed by atoms with E-state index in [9.17, 15) is 13.2 Å². The number of amides is 1. The summed E-state index contributed by atoms with van der Waals surface area (Å²) in [4.78, 5) is 12.2. The quantitative estimate of drug-likeness (QED) is 0.919. The van der Waals surface area contributed by atoms with E-state index in [0.29, 0.717) is 22.6 Å². The van der Waals surface area contributed by atoms with E-state index >= 15 is 0 Å². The lowest BCUT2D eigenvalue weighted by Crippen LogP contribution is -2.12. The predicted molar refractivity (Wildman–Crippen MR) is 85.9 cm³/mol. The fourth-order valence-corrected chi connectivity index (χ4v) is 2.77. The fourth-order valence-electron chi connectivity index (χ4n) is 1.98. The highest BCUT2D eigenvalue weighted by Crippen LogP contribution is 2.16. The molecule has 0 bridgehead atoms. The second-order valence-electron chi connectivity index (χ2n) is 4.95. The van der Waals surface area contributed by atoms with Crippen molar-refractivity contribution in [2.45, 2.75) is 5.75 Å². The van der Waals surface area contributed by atoms with Crippen LogP contribution in [0.3, 0.4) is 0 Å². The van der Waals surface area contributed by atoms with E-state index in [0.717, 1.165) is 6.26 Å². The highest BCUT2D eigenvalue weighted by atomic mass is 32.2. The Labute approximate surface area is 129 Å². The lowest BCUT2D eigenvalue weighted by molar-refractivity contribution is 0.102. The van der Waals surface area contributed by atoms with Crippen LogP contribution in [0.1, 0.15) is 15.9 Å². The van der Waals surface area contributed by atoms with E-state index in [2.05, 4.69) is 5.32 Å². The molecule has 0 aliphatic rings. The minimum absolute atomic E-state index is 0.0867. The molecule has 0 radical (unpaired) electrons. The van der Waals surface area contributed by atoms with Gasteiger partial charge in [0, 0.05) is 17.5 Å². The van der Waals surface area contributed by atoms with Gasteiger partial charge in [0.15, 0.2) is 9.84 Å². The van der Waals surface area contributed by atoms with E-state index < -0.39 is 9.84 Å². The van der Waals surface area contributed by atoms with Gasteiger partial charge in [0.1, 0.15) is 5.75 Å². The molecule has 0 heterocycles. The highest BCUT2D eigenvalue weighted by Gasteiger charge is 2.09. The number of carbonyl (C=O) groups excluding carboxylic acids is 1. The van der Waals surface area contributed by atoms with Crippen LogP contribution >= 0.6 is 0 Å². The molecule has 0 saturated heterocycles. The highest BCUT2D eigenvalue weighted by molar-refractivity contribution is 7.89. The monoisotopic (exact) mass is 319 g/mol. The zero-order chi connectivity index (χ0) is 16.2. The molecule has 2 aromatic carbocycles. The molecule has 0 saturated carbocycles. The number of carbonyl (C=O) groups is 1. The Kier molecular flexibility index (Phi) is 4.82. The van der Waals surface area contributed by atoms with Gasteiger partial charge in [-0.25, -0.2) is 8.42 Å². The number of ether oxygens (including phenoxy) is 1. The van der Waals surface area contributed by atoms with Gasteiger partial charge in [-0.05, 0) is 42.0 Å². The predicted octanol–water partition coefficient (Wildman–Crippen LogP) is 2.49. The lowest BCUT2D eigenvalue weighted by Gasteiger charge is -2.07. The van der Waals surface area contributed by atoms with Crippen molar-refractivity contribution in [1.29, 1.82) is 0 Å². The molecule has 0 fully saturated rings. The second-order valence-corrected chi connectivity index (χ2v) is 7.09. The molecule has 6 heteroatoms. The molecule has 2 aromatic rings. The minimum Gasteiger partial charge on any atom is -0.497 e. The molecule has 5 nitrogen and oxygen atoms in total. The Balaban J connectivity index is 2.13. The number of rotatable bonds is 5. The van der Waals surface area contributed by atoms with Crippen molar-refractivity contribution in [2.24, 2.45) is 0 Å². The number of nitrogens with one attached hydrogen (secondary N) is 1. The summed E-state index contributed by atoms with van der Waals surface area (Å²) < 4.78 is 27.7. The molecule has 0 aliphatic carbocycles. The summed E-state index contributed by atoms with van der Waals surface area (Å²) in [7, 11) is -1.56. The van der Waals surface area contributed by atoms with Crippen molar-refractivity contribution in [1.82, 2.24) is 0 Å². The van der Waals surface area contributed by atoms with Crippen molar-refractivity contribution < 1.29 is 17.9 Å². The van der Waals surface area contributed by atoms with Crippen LogP contribution in [0.2, 0.25) is 0 Å². The Bertz CT molecular complexity index is 767. The standard InChI is InChI=1S/C16H17NO4S/c1-21-15-8-6-14(7-9-15)17-16(18)13-5-3-4-12(10-13)11-22(2,19)20/h3-10H,11H2,1-2H3,(H,17,18). The van der Waals surface area contributed by atoms with Crippen molar-refractivity contribution >= 4 is 21.4 Å². The maximum absolute atomic E-state index is 12.2. The molecule has 0 atom stereocenters. The van der Waals surface area contributed by atoms with Crippen LogP contribution in [0.5, 0.6) is 5.75 Å². The van der Waals surface area contributed by atoms with Crippen molar-refractivity contribution in [3.05, 3.63) is 59.7 Å². The summed E-state index contributed by atoms with van der Waals surface area (Å²) in [5.41, 5.74) is 1.64. The van der Waals surface area contributed by atoms with Gasteiger partial charge < -0.3 is 10.1 Å². The molecule has 116 valence electrons. The average Bonchev–Trinajstić information content (AvgIpc) is 2.46. The third-order valence-electron chi connectivity index (χ3n) is 2.97. The number of benzene rings is 2. The average molecular weight is 319 g/mol. The van der Waals surface area contributed by atoms with E-state index in [4.69, 9.17) is 4.74 Å². The molecule has 0 spiro atoms. The Morgan fingerprint density at radius 2 is 1.82 bits per heavy atom. The van der Waals surface area contributed by atoms with Crippen LogP contribution in [0.15, 0.2) is 48.5 Å². The maximum atomic E-state index is 12.2. The SMILES string of the molecule is COc1ccc(NC(=O)c2cccc(CS(C)(=O)=O)c2)cc1. The number of hydrogen-bond donors (Lipinski definition) is 1. The van der Waals surface area contributed by atoms with E-state index in [-0.39, 0.29) is 11.7 Å². The summed E-state index contributed by atoms with van der Waals surface area (Å²) in [6.45, 7) is 0. The van der Waals surface area contributed by atoms with Crippen LogP contribution in [0.25, 0.3) is 0 Å². The zero-order valence-electron chi connectivity index (χ0n) is 12.4. The fraction of sp³-hybridized carbons (Fsp3) is 0.188. The summed E-state index contributed by atoms with van der Waals surface area (Å²) >= 11 is 0. The summed E-state index contributed by atoms with van der Waals surface area (Å²) in [5, 5.41) is 2.76. The Morgan fingerprint density at radius 1 is 1.14 bits per heavy atom. The van der Waals surface area contributed by atoms with Crippen molar-refractivity contribution in [3.63, 3.8) is 0 Å². The molecule has 0 unspecified atom stereocenters. The first-order valence-corrected chi connectivity index (χ1v) is 8.65. The van der Waals surface area contributed by atoms with Gasteiger partial charge in [-0.2, -0.15) is 0 Å². The van der Waals surface area contributed by atoms with Gasteiger partial charge in [-0.1, -0.05) is 12.1 Å². The van der Waals surface area contributed by atoms with Crippen LogP contribution in [0.4, 0.5) is 5.69 Å². The third-order valence-corrected chi connectivity index (χ3v) is 3.82. The van der Waals surface area contributed by atoms with Gasteiger partial charge in [-0.15, -0.1) is 0 Å². The topological polar surface area (TPSA) is 72.5 Å². The first kappa shape index (κ1) is 16.0. The van der Waals surface area contributed by atoms with Crippen LogP contribution < -0.4 is 10.1 Å². The first-order chi connectivity index (χ1) is 10.4. The third kappa shape index (κ3) is 4.60. The number of sulfone groups is 1. The van der Waals surface area contributed by atoms with Crippen molar-refractivity contribution in [3.8, 4) is 5.75 Å². The molecule has 22 heavy (non-hydrogen) atoms. The molecule has 1 amide bonds. The second kappa shape index (κ2) is 6.62. The van der Waals surface area contributed by atoms with Gasteiger partial charge in [0.25, 0.3) is 5.91 Å². The summed E-state index contributed by atoms with van der Waals surface area (Å²) in [6, 6.07) is 13.5. The number of methoxy groups -OCH3 is 1. The molecule has 2 rings (SSSR count). The number of hydrogen-bond acceptors (Lipinski definition) is 4.